The summed E-state index contributed by atoms with van der Waals surface area (Å²) in [7, 11) is 1.98. The third kappa shape index (κ3) is 4.97. The number of nitrogens with zero attached hydrogens (tertiary/aromatic N) is 2. The molecule has 4 nitrogen and oxygen atoms in total. The van der Waals surface area contributed by atoms with Crippen LogP contribution in [0.1, 0.15) is 66.6 Å². The van der Waals surface area contributed by atoms with Crippen LogP contribution in [0, 0.1) is 0 Å². The number of hydrogen-bond donors (Lipinski definition) is 0. The zero-order valence-corrected chi connectivity index (χ0v) is 22.3. The number of aryl methyl sites for hydroxylation is 3. The Morgan fingerprint density at radius 2 is 1.76 bits per heavy atom. The lowest BCUT2D eigenvalue weighted by Crippen LogP contribution is -2.14. The van der Waals surface area contributed by atoms with E-state index in [-0.39, 0.29) is 5.78 Å². The number of aromatic nitrogens is 2. The summed E-state index contributed by atoms with van der Waals surface area (Å²) in [5, 5.41) is 3.10. The van der Waals surface area contributed by atoms with Gasteiger partial charge in [0, 0.05) is 36.3 Å². The molecular formula is C32H34N2O2S. The van der Waals surface area contributed by atoms with E-state index in [0.29, 0.717) is 6.10 Å². The molecule has 2 aromatic carbocycles. The molecule has 1 aliphatic carbocycles. The molecule has 0 amide bonds. The van der Waals surface area contributed by atoms with Gasteiger partial charge < -0.3 is 13.9 Å². The van der Waals surface area contributed by atoms with Crippen molar-refractivity contribution in [3.63, 3.8) is 0 Å². The Kier molecular flexibility index (Phi) is 6.88. The van der Waals surface area contributed by atoms with Crippen LogP contribution in [0.25, 0.3) is 21.1 Å². The molecular weight excluding hydrogens is 476 g/mol. The van der Waals surface area contributed by atoms with Gasteiger partial charge in [0.15, 0.2) is 0 Å². The summed E-state index contributed by atoms with van der Waals surface area (Å²) in [5.74, 6) is 1.08. The summed E-state index contributed by atoms with van der Waals surface area (Å²) in [5.41, 5.74) is 5.08. The van der Waals surface area contributed by atoms with Crippen molar-refractivity contribution < 1.29 is 9.53 Å². The van der Waals surface area contributed by atoms with Crippen LogP contribution in [-0.4, -0.2) is 21.0 Å². The quantitative estimate of drug-likeness (QED) is 0.156. The van der Waals surface area contributed by atoms with Crippen LogP contribution in [0.5, 0.6) is 5.75 Å². The first-order chi connectivity index (χ1) is 18.2. The lowest BCUT2D eigenvalue weighted by Gasteiger charge is -2.17. The average molecular weight is 511 g/mol. The molecule has 0 bridgehead atoms. The average Bonchev–Trinajstić information content (AvgIpc) is 3.55. The van der Waals surface area contributed by atoms with Crippen molar-refractivity contribution in [3.05, 3.63) is 89.1 Å². The van der Waals surface area contributed by atoms with Crippen LogP contribution >= 0.6 is 11.3 Å². The topological polar surface area (TPSA) is 36.2 Å². The largest absolute Gasteiger partial charge is 0.490 e. The SMILES string of the molecule is Cn1c(C(=O)c2cn(CCCc3ccc(OC4CCCCCC4)cc3)c3ccccc23)cc2sccc21. The van der Waals surface area contributed by atoms with E-state index in [0.717, 1.165) is 57.5 Å². The van der Waals surface area contributed by atoms with Gasteiger partial charge in [0.05, 0.1) is 22.0 Å². The van der Waals surface area contributed by atoms with Crippen molar-refractivity contribution in [2.24, 2.45) is 7.05 Å². The molecule has 0 unspecified atom stereocenters. The predicted octanol–water partition coefficient (Wildman–Crippen LogP) is 8.16. The van der Waals surface area contributed by atoms with Crippen molar-refractivity contribution in [1.29, 1.82) is 0 Å². The Bertz CT molecular complexity index is 1510. The van der Waals surface area contributed by atoms with Crippen molar-refractivity contribution in [2.75, 3.05) is 0 Å². The molecule has 1 saturated carbocycles. The van der Waals surface area contributed by atoms with Crippen molar-refractivity contribution in [2.45, 2.75) is 64.0 Å². The second-order valence-electron chi connectivity index (χ2n) is 10.3. The number of ether oxygens (including phenoxy) is 1. The zero-order chi connectivity index (χ0) is 25.2. The number of hydrogen-bond acceptors (Lipinski definition) is 3. The van der Waals surface area contributed by atoms with Gasteiger partial charge in [0.25, 0.3) is 0 Å². The molecule has 1 aliphatic rings. The van der Waals surface area contributed by atoms with E-state index in [2.05, 4.69) is 64.7 Å². The molecule has 6 rings (SSSR count). The van der Waals surface area contributed by atoms with Gasteiger partial charge in [-0.15, -0.1) is 11.3 Å². The Hall–Kier alpha value is -3.31. The Labute approximate surface area is 222 Å². The standard InChI is InChI=1S/C32H34N2O2S/c1-33-29-18-20-37-31(29)21-30(33)32(35)27-22-34(28-13-7-6-12-26(27)28)19-8-9-23-14-16-25(17-15-23)36-24-10-4-2-3-5-11-24/h6-7,12-18,20-22,24H,2-5,8-11,19H2,1H3. The number of thiophene rings is 1. The van der Waals surface area contributed by atoms with Crippen LogP contribution in [0.2, 0.25) is 0 Å². The maximum Gasteiger partial charge on any atom is 0.211 e. The molecule has 5 aromatic rings. The highest BCUT2D eigenvalue weighted by atomic mass is 32.1. The molecule has 1 fully saturated rings. The van der Waals surface area contributed by atoms with Gasteiger partial charge >= 0.3 is 0 Å². The molecule has 3 heterocycles. The van der Waals surface area contributed by atoms with Crippen LogP contribution in [0.3, 0.4) is 0 Å². The smallest absolute Gasteiger partial charge is 0.211 e. The summed E-state index contributed by atoms with van der Waals surface area (Å²) in [6.07, 6.45) is 12.0. The first kappa shape index (κ1) is 24.1. The normalized spacial score (nSPS) is 14.8. The van der Waals surface area contributed by atoms with E-state index in [1.165, 1.54) is 44.1 Å². The van der Waals surface area contributed by atoms with Gasteiger partial charge in [0.1, 0.15) is 5.75 Å². The molecule has 190 valence electrons. The molecule has 0 N–H and O–H groups in total. The first-order valence-corrected chi connectivity index (χ1v) is 14.5. The number of carbonyl (C=O) groups is 1. The van der Waals surface area contributed by atoms with Crippen LogP contribution in [-0.2, 0) is 20.0 Å². The second kappa shape index (κ2) is 10.6. The van der Waals surface area contributed by atoms with Gasteiger partial charge in [-0.2, -0.15) is 0 Å². The number of ketones is 1. The highest BCUT2D eigenvalue weighted by molar-refractivity contribution is 7.17. The van der Waals surface area contributed by atoms with E-state index in [1.807, 2.05) is 23.7 Å². The summed E-state index contributed by atoms with van der Waals surface area (Å²) in [6.45, 7) is 0.871. The number of fused-ring (bicyclic) bond motifs is 2. The van der Waals surface area contributed by atoms with E-state index in [1.54, 1.807) is 11.3 Å². The molecule has 3 aromatic heterocycles. The highest BCUT2D eigenvalue weighted by Gasteiger charge is 2.20. The number of para-hydroxylation sites is 1. The number of rotatable bonds is 8. The summed E-state index contributed by atoms with van der Waals surface area (Å²) >= 11 is 1.68. The molecule has 0 radical (unpaired) electrons. The lowest BCUT2D eigenvalue weighted by molar-refractivity contribution is 0.103. The molecule has 0 saturated heterocycles. The molecule has 0 aliphatic heterocycles. The third-order valence-electron chi connectivity index (χ3n) is 7.82. The minimum absolute atomic E-state index is 0.0881. The maximum absolute atomic E-state index is 13.6. The van der Waals surface area contributed by atoms with E-state index in [9.17, 15) is 4.79 Å². The summed E-state index contributed by atoms with van der Waals surface area (Å²) in [6, 6.07) is 21.0. The Balaban J connectivity index is 1.14. The van der Waals surface area contributed by atoms with Crippen LogP contribution < -0.4 is 4.74 Å². The second-order valence-corrected chi connectivity index (χ2v) is 11.3. The van der Waals surface area contributed by atoms with Gasteiger partial charge in [-0.1, -0.05) is 43.2 Å². The minimum Gasteiger partial charge on any atom is -0.490 e. The van der Waals surface area contributed by atoms with E-state index in [4.69, 9.17) is 4.74 Å². The van der Waals surface area contributed by atoms with E-state index >= 15 is 0 Å². The van der Waals surface area contributed by atoms with Crippen molar-refractivity contribution in [3.8, 4) is 5.75 Å². The van der Waals surface area contributed by atoms with Gasteiger partial charge in [-0.05, 0) is 79.8 Å². The van der Waals surface area contributed by atoms with Crippen molar-refractivity contribution in [1.82, 2.24) is 9.13 Å². The molecule has 0 atom stereocenters. The highest BCUT2D eigenvalue weighted by Crippen LogP contribution is 2.29. The van der Waals surface area contributed by atoms with Gasteiger partial charge in [0.2, 0.25) is 5.78 Å². The van der Waals surface area contributed by atoms with Crippen molar-refractivity contribution >= 4 is 38.2 Å². The number of benzene rings is 2. The Morgan fingerprint density at radius 3 is 2.54 bits per heavy atom. The molecule has 5 heteroatoms. The molecule has 0 spiro atoms. The fourth-order valence-electron chi connectivity index (χ4n) is 5.76. The number of carbonyl (C=O) groups excluding carboxylic acids is 1. The zero-order valence-electron chi connectivity index (χ0n) is 21.5. The fraction of sp³-hybridized carbons (Fsp3) is 0.344. The van der Waals surface area contributed by atoms with Crippen LogP contribution in [0.4, 0.5) is 0 Å². The molecule has 37 heavy (non-hydrogen) atoms. The fourth-order valence-corrected chi connectivity index (χ4v) is 6.61. The third-order valence-corrected chi connectivity index (χ3v) is 8.68. The van der Waals surface area contributed by atoms with Gasteiger partial charge in [-0.3, -0.25) is 4.79 Å². The predicted molar refractivity (Wildman–Crippen MR) is 153 cm³/mol. The van der Waals surface area contributed by atoms with Crippen LogP contribution in [0.15, 0.2) is 72.2 Å². The van der Waals surface area contributed by atoms with Gasteiger partial charge in [-0.25, -0.2) is 0 Å². The monoisotopic (exact) mass is 510 g/mol. The minimum atomic E-state index is 0.0881. The summed E-state index contributed by atoms with van der Waals surface area (Å²) in [4.78, 5) is 13.6. The first-order valence-electron chi connectivity index (χ1n) is 13.6. The van der Waals surface area contributed by atoms with E-state index < -0.39 is 0 Å². The lowest BCUT2D eigenvalue weighted by atomic mass is 10.1. The Morgan fingerprint density at radius 1 is 0.973 bits per heavy atom. The maximum atomic E-state index is 13.6. The summed E-state index contributed by atoms with van der Waals surface area (Å²) < 4.78 is 11.7.